The van der Waals surface area contributed by atoms with E-state index in [-0.39, 0.29) is 30.3 Å². The molecule has 0 aliphatic heterocycles. The highest BCUT2D eigenvalue weighted by atomic mass is 16.2. The van der Waals surface area contributed by atoms with Gasteiger partial charge in [-0.1, -0.05) is 25.1 Å². The number of fused-ring (bicyclic) bond motifs is 1. The highest BCUT2D eigenvalue weighted by Crippen LogP contribution is 2.14. The Morgan fingerprint density at radius 2 is 1.76 bits per heavy atom. The molecule has 0 aliphatic rings. The fourth-order valence-electron chi connectivity index (χ4n) is 2.63. The Kier molecular flexibility index (Phi) is 5.90. The minimum absolute atomic E-state index is 0.0450. The Morgan fingerprint density at radius 3 is 2.36 bits per heavy atom. The van der Waals surface area contributed by atoms with Crippen LogP contribution in [0.3, 0.4) is 0 Å². The van der Waals surface area contributed by atoms with E-state index in [0.29, 0.717) is 23.0 Å². The first-order valence-electron chi connectivity index (χ1n) is 8.28. The van der Waals surface area contributed by atoms with Crippen molar-refractivity contribution < 1.29 is 9.59 Å². The van der Waals surface area contributed by atoms with E-state index in [2.05, 4.69) is 5.10 Å². The molecule has 1 heterocycles. The van der Waals surface area contributed by atoms with Crippen molar-refractivity contribution in [1.29, 1.82) is 0 Å². The average molecular weight is 344 g/mol. The summed E-state index contributed by atoms with van der Waals surface area (Å²) in [6.45, 7) is 2.51. The fourth-order valence-corrected chi connectivity index (χ4v) is 2.63. The van der Waals surface area contributed by atoms with Crippen molar-refractivity contribution in [2.24, 2.45) is 7.05 Å². The molecule has 0 aliphatic carbocycles. The van der Waals surface area contributed by atoms with Crippen molar-refractivity contribution in [2.75, 3.05) is 27.2 Å². The Labute approximate surface area is 146 Å². The second-order valence-corrected chi connectivity index (χ2v) is 6.20. The summed E-state index contributed by atoms with van der Waals surface area (Å²) < 4.78 is 1.25. The monoisotopic (exact) mass is 344 g/mol. The van der Waals surface area contributed by atoms with Gasteiger partial charge in [0.2, 0.25) is 11.8 Å². The van der Waals surface area contributed by atoms with Crippen LogP contribution in [0.5, 0.6) is 0 Å². The molecule has 1 aromatic heterocycles. The molecule has 0 unspecified atom stereocenters. The summed E-state index contributed by atoms with van der Waals surface area (Å²) in [6, 6.07) is 7.12. The highest BCUT2D eigenvalue weighted by molar-refractivity contribution is 5.90. The van der Waals surface area contributed by atoms with E-state index in [1.165, 1.54) is 9.58 Å². The van der Waals surface area contributed by atoms with Crippen LogP contribution in [-0.2, 0) is 23.1 Å². The summed E-state index contributed by atoms with van der Waals surface area (Å²) in [7, 11) is 4.90. The van der Waals surface area contributed by atoms with Gasteiger partial charge in [-0.25, -0.2) is 4.68 Å². The van der Waals surface area contributed by atoms with E-state index < -0.39 is 0 Å². The van der Waals surface area contributed by atoms with Crippen LogP contribution in [0.15, 0.2) is 29.1 Å². The maximum absolute atomic E-state index is 12.7. The topological polar surface area (TPSA) is 75.5 Å². The average Bonchev–Trinajstić information content (AvgIpc) is 2.58. The highest BCUT2D eigenvalue weighted by Gasteiger charge is 2.20. The van der Waals surface area contributed by atoms with Gasteiger partial charge in [-0.15, -0.1) is 0 Å². The molecule has 2 amide bonds. The Morgan fingerprint density at radius 1 is 1.12 bits per heavy atom. The molecule has 0 bridgehead atoms. The maximum Gasteiger partial charge on any atom is 0.274 e. The minimum Gasteiger partial charge on any atom is -0.347 e. The van der Waals surface area contributed by atoms with E-state index >= 15 is 0 Å². The van der Waals surface area contributed by atoms with E-state index in [1.54, 1.807) is 44.2 Å². The molecule has 0 spiro atoms. The number of carbonyl (C=O) groups is 2. The van der Waals surface area contributed by atoms with Gasteiger partial charge < -0.3 is 9.80 Å². The molecule has 7 nitrogen and oxygen atoms in total. The fraction of sp³-hybridized carbons (Fsp3) is 0.444. The van der Waals surface area contributed by atoms with Crippen molar-refractivity contribution in [3.8, 4) is 0 Å². The van der Waals surface area contributed by atoms with E-state index in [4.69, 9.17) is 0 Å². The molecule has 1 aromatic carbocycles. The van der Waals surface area contributed by atoms with Crippen LogP contribution in [0, 0.1) is 0 Å². The molecule has 2 rings (SSSR count). The lowest BCUT2D eigenvalue weighted by Crippen LogP contribution is -2.41. The third kappa shape index (κ3) is 4.23. The summed E-state index contributed by atoms with van der Waals surface area (Å²) in [4.78, 5) is 39.9. The Balaban J connectivity index is 2.32. The Hall–Kier alpha value is -2.70. The van der Waals surface area contributed by atoms with Crippen LogP contribution in [0.25, 0.3) is 10.8 Å². The zero-order valence-electron chi connectivity index (χ0n) is 15.2. The molecule has 2 aromatic rings. The van der Waals surface area contributed by atoms with Crippen LogP contribution in [0.4, 0.5) is 0 Å². The number of benzene rings is 1. The van der Waals surface area contributed by atoms with Gasteiger partial charge in [-0.3, -0.25) is 14.4 Å². The first kappa shape index (κ1) is 18.6. The van der Waals surface area contributed by atoms with Crippen molar-refractivity contribution in [1.82, 2.24) is 19.6 Å². The number of hydrogen-bond acceptors (Lipinski definition) is 4. The SMILES string of the molecule is CCCN(CC(=O)N(C)C)C(=O)Cc1nn(C)c(=O)c2ccccc12. The zero-order chi connectivity index (χ0) is 18.6. The largest absolute Gasteiger partial charge is 0.347 e. The summed E-state index contributed by atoms with van der Waals surface area (Å²) >= 11 is 0. The molecular formula is C18H24N4O3. The molecule has 0 N–H and O–H groups in total. The van der Waals surface area contributed by atoms with Gasteiger partial charge >= 0.3 is 0 Å². The van der Waals surface area contributed by atoms with Gasteiger partial charge in [0.05, 0.1) is 24.0 Å². The van der Waals surface area contributed by atoms with Gasteiger partial charge in [-0.05, 0) is 12.5 Å². The summed E-state index contributed by atoms with van der Waals surface area (Å²) in [6.07, 6.45) is 0.809. The minimum atomic E-state index is -0.194. The van der Waals surface area contributed by atoms with Crippen LogP contribution in [0.2, 0.25) is 0 Å². The van der Waals surface area contributed by atoms with E-state index in [0.717, 1.165) is 6.42 Å². The zero-order valence-corrected chi connectivity index (χ0v) is 15.2. The Bertz CT molecular complexity index is 842. The molecule has 25 heavy (non-hydrogen) atoms. The number of carbonyl (C=O) groups excluding carboxylic acids is 2. The third-order valence-corrected chi connectivity index (χ3v) is 4.02. The van der Waals surface area contributed by atoms with E-state index in [1.807, 2.05) is 13.0 Å². The first-order chi connectivity index (χ1) is 11.8. The second kappa shape index (κ2) is 7.92. The summed E-state index contributed by atoms with van der Waals surface area (Å²) in [5.74, 6) is -0.298. The number of aromatic nitrogens is 2. The first-order valence-corrected chi connectivity index (χ1v) is 8.28. The molecule has 0 saturated heterocycles. The number of likely N-dealkylation sites (N-methyl/N-ethyl adjacent to an activating group) is 1. The maximum atomic E-state index is 12.7. The van der Waals surface area contributed by atoms with E-state index in [9.17, 15) is 14.4 Å². The molecule has 0 saturated carbocycles. The van der Waals surface area contributed by atoms with Gasteiger partial charge in [0, 0.05) is 33.1 Å². The summed E-state index contributed by atoms with van der Waals surface area (Å²) in [5, 5.41) is 5.47. The van der Waals surface area contributed by atoms with Crippen LogP contribution < -0.4 is 5.56 Å². The molecule has 0 atom stereocenters. The number of aryl methyl sites for hydroxylation is 1. The standard InChI is InChI=1S/C18H24N4O3/c1-5-10-22(12-17(24)20(2)3)16(23)11-15-13-8-6-7-9-14(13)18(25)21(4)19-15/h6-9H,5,10-12H2,1-4H3. The molecule has 134 valence electrons. The molecule has 0 radical (unpaired) electrons. The lowest BCUT2D eigenvalue weighted by Gasteiger charge is -2.23. The lowest BCUT2D eigenvalue weighted by atomic mass is 10.1. The molecule has 7 heteroatoms. The van der Waals surface area contributed by atoms with Crippen molar-refractivity contribution in [3.63, 3.8) is 0 Å². The third-order valence-electron chi connectivity index (χ3n) is 4.02. The summed E-state index contributed by atoms with van der Waals surface area (Å²) in [5.41, 5.74) is 0.348. The van der Waals surface area contributed by atoms with Crippen LogP contribution in [-0.4, -0.2) is 58.6 Å². The van der Waals surface area contributed by atoms with Gasteiger partial charge in [0.25, 0.3) is 5.56 Å². The van der Waals surface area contributed by atoms with Crippen molar-refractivity contribution in [3.05, 3.63) is 40.3 Å². The molecule has 0 fully saturated rings. The van der Waals surface area contributed by atoms with Crippen molar-refractivity contribution >= 4 is 22.6 Å². The van der Waals surface area contributed by atoms with Crippen LogP contribution >= 0.6 is 0 Å². The number of nitrogens with zero attached hydrogens (tertiary/aromatic N) is 4. The van der Waals surface area contributed by atoms with Gasteiger partial charge in [0.15, 0.2) is 0 Å². The number of hydrogen-bond donors (Lipinski definition) is 0. The molecular weight excluding hydrogens is 320 g/mol. The van der Waals surface area contributed by atoms with Gasteiger partial charge in [-0.2, -0.15) is 5.10 Å². The number of rotatable bonds is 6. The normalized spacial score (nSPS) is 10.7. The predicted octanol–water partition coefficient (Wildman–Crippen LogP) is 0.803. The smallest absolute Gasteiger partial charge is 0.274 e. The van der Waals surface area contributed by atoms with Gasteiger partial charge in [0.1, 0.15) is 0 Å². The lowest BCUT2D eigenvalue weighted by molar-refractivity contribution is -0.138. The quantitative estimate of drug-likeness (QED) is 0.777. The van der Waals surface area contributed by atoms with Crippen molar-refractivity contribution in [2.45, 2.75) is 19.8 Å². The van der Waals surface area contributed by atoms with Crippen LogP contribution in [0.1, 0.15) is 19.0 Å². The predicted molar refractivity (Wildman–Crippen MR) is 96.3 cm³/mol. The number of amides is 2. The second-order valence-electron chi connectivity index (χ2n) is 6.20.